The van der Waals surface area contributed by atoms with Crippen molar-refractivity contribution in [3.63, 3.8) is 0 Å². The first kappa shape index (κ1) is 7.59. The van der Waals surface area contributed by atoms with Gasteiger partial charge in [-0.3, -0.25) is 4.79 Å². The molecule has 0 bridgehead atoms. The molecule has 2 radical (unpaired) electrons. The van der Waals surface area contributed by atoms with Gasteiger partial charge in [0.2, 0.25) is 0 Å². The Hall–Kier alpha value is -0.413. The molecule has 0 amide bonds. The number of hydrogen-bond acceptors (Lipinski definition) is 2. The zero-order chi connectivity index (χ0) is 6.57. The van der Waals surface area contributed by atoms with E-state index in [-0.39, 0.29) is 15.2 Å². The molecule has 0 N–H and O–H groups in total. The van der Waals surface area contributed by atoms with E-state index in [1.807, 2.05) is 0 Å². The van der Waals surface area contributed by atoms with Crippen LogP contribution in [0, 0.1) is 0 Å². The minimum Gasteiger partial charge on any atom is -0.412 e. The van der Waals surface area contributed by atoms with Gasteiger partial charge in [-0.05, 0) is 12.5 Å². The van der Waals surface area contributed by atoms with E-state index in [4.69, 9.17) is 0 Å². The molecule has 0 heterocycles. The Labute approximate surface area is 51.5 Å². The summed E-state index contributed by atoms with van der Waals surface area (Å²) < 4.78 is 4.58. The van der Waals surface area contributed by atoms with Crippen LogP contribution in [0.15, 0.2) is 12.2 Å². The molecule has 0 aliphatic rings. The standard InChI is InChI=1S/C5H8O2Si/c1-4(2)5(6)8-7-3/h1H2,2-3H3. The van der Waals surface area contributed by atoms with Crippen molar-refractivity contribution in [3.8, 4) is 0 Å². The summed E-state index contributed by atoms with van der Waals surface area (Å²) >= 11 is 0. The normalized spacial score (nSPS) is 8.75. The first-order valence-electron chi connectivity index (χ1n) is 2.17. The highest BCUT2D eigenvalue weighted by atomic mass is 28.2. The summed E-state index contributed by atoms with van der Waals surface area (Å²) in [6.45, 7) is 5.13. The highest BCUT2D eigenvalue weighted by Crippen LogP contribution is 1.85. The smallest absolute Gasteiger partial charge is 0.321 e. The van der Waals surface area contributed by atoms with Crippen LogP contribution in [0.1, 0.15) is 6.92 Å². The van der Waals surface area contributed by atoms with Crippen molar-refractivity contribution in [3.05, 3.63) is 12.2 Å². The van der Waals surface area contributed by atoms with Gasteiger partial charge in [-0.2, -0.15) is 0 Å². The summed E-state index contributed by atoms with van der Waals surface area (Å²) in [6.07, 6.45) is 0. The fraction of sp³-hybridized carbons (Fsp3) is 0.400. The predicted octanol–water partition coefficient (Wildman–Crippen LogP) is 0.355. The van der Waals surface area contributed by atoms with Gasteiger partial charge in [0, 0.05) is 7.11 Å². The third kappa shape index (κ3) is 2.71. The number of allylic oxidation sites excluding steroid dienone is 1. The van der Waals surface area contributed by atoms with Crippen LogP contribution in [0.5, 0.6) is 0 Å². The number of hydrogen-bond donors (Lipinski definition) is 0. The van der Waals surface area contributed by atoms with Gasteiger partial charge in [0.15, 0.2) is 5.41 Å². The summed E-state index contributed by atoms with van der Waals surface area (Å²) in [5, 5.41) is -0.00694. The SMILES string of the molecule is C=C(C)C(=O)[Si]OC. The van der Waals surface area contributed by atoms with Crippen LogP contribution in [-0.2, 0) is 9.22 Å². The predicted molar refractivity (Wildman–Crippen MR) is 32.6 cm³/mol. The maximum atomic E-state index is 10.5. The molecule has 0 aliphatic heterocycles. The van der Waals surface area contributed by atoms with E-state index in [9.17, 15) is 4.79 Å². The molecule has 0 aliphatic carbocycles. The Morgan fingerprint density at radius 1 is 1.75 bits per heavy atom. The van der Waals surface area contributed by atoms with E-state index in [0.717, 1.165) is 0 Å². The maximum Gasteiger partial charge on any atom is 0.321 e. The Morgan fingerprint density at radius 3 is 2.38 bits per heavy atom. The van der Waals surface area contributed by atoms with Gasteiger partial charge in [0.1, 0.15) is 0 Å². The number of carbonyl (C=O) groups excluding carboxylic acids is 1. The fourth-order valence-corrected chi connectivity index (χ4v) is 0.539. The third-order valence-electron chi connectivity index (χ3n) is 0.582. The zero-order valence-corrected chi connectivity index (χ0v) is 6.02. The minimum absolute atomic E-state index is 0.00694. The highest BCUT2D eigenvalue weighted by molar-refractivity contribution is 6.72. The van der Waals surface area contributed by atoms with E-state index in [0.29, 0.717) is 5.57 Å². The van der Waals surface area contributed by atoms with Crippen molar-refractivity contribution >= 4 is 15.2 Å². The maximum absolute atomic E-state index is 10.5. The topological polar surface area (TPSA) is 26.3 Å². The van der Waals surface area contributed by atoms with Crippen LogP contribution in [0.3, 0.4) is 0 Å². The fourth-order valence-electron chi connectivity index (χ4n) is 0.180. The van der Waals surface area contributed by atoms with Crippen LogP contribution in [0.2, 0.25) is 0 Å². The van der Waals surface area contributed by atoms with Gasteiger partial charge < -0.3 is 4.43 Å². The molecule has 44 valence electrons. The van der Waals surface area contributed by atoms with Crippen LogP contribution in [0.4, 0.5) is 0 Å². The van der Waals surface area contributed by atoms with Crippen molar-refractivity contribution in [2.75, 3.05) is 7.11 Å². The molecule has 0 aromatic heterocycles. The zero-order valence-electron chi connectivity index (χ0n) is 5.02. The first-order valence-corrected chi connectivity index (χ1v) is 3.08. The molecule has 0 atom stereocenters. The molecule has 2 nitrogen and oxygen atoms in total. The molecule has 0 unspecified atom stereocenters. The summed E-state index contributed by atoms with van der Waals surface area (Å²) in [5.74, 6) is 0. The Morgan fingerprint density at radius 2 is 2.25 bits per heavy atom. The van der Waals surface area contributed by atoms with Crippen molar-refractivity contribution < 1.29 is 9.22 Å². The van der Waals surface area contributed by atoms with E-state index in [1.165, 1.54) is 7.11 Å². The van der Waals surface area contributed by atoms with Gasteiger partial charge in [0.05, 0.1) is 0 Å². The molecular weight excluding hydrogens is 120 g/mol. The van der Waals surface area contributed by atoms with Gasteiger partial charge >= 0.3 is 9.76 Å². The lowest BCUT2D eigenvalue weighted by molar-refractivity contribution is -0.109. The Bertz CT molecular complexity index is 109. The molecule has 0 saturated carbocycles. The minimum atomic E-state index is -0.0694. The molecule has 0 aromatic rings. The molecule has 0 aromatic carbocycles. The quantitative estimate of drug-likeness (QED) is 0.405. The van der Waals surface area contributed by atoms with Crippen LogP contribution in [0.25, 0.3) is 0 Å². The second-order valence-corrected chi connectivity index (χ2v) is 2.48. The molecular formula is C5H8O2Si. The monoisotopic (exact) mass is 128 g/mol. The third-order valence-corrected chi connectivity index (χ3v) is 1.40. The van der Waals surface area contributed by atoms with Crippen molar-refractivity contribution in [1.29, 1.82) is 0 Å². The Kier molecular flexibility index (Phi) is 3.39. The number of carbonyl (C=O) groups is 1. The first-order chi connectivity index (χ1) is 3.68. The van der Waals surface area contributed by atoms with Gasteiger partial charge in [-0.15, -0.1) is 0 Å². The molecule has 0 saturated heterocycles. The summed E-state index contributed by atoms with van der Waals surface area (Å²) in [4.78, 5) is 10.5. The van der Waals surface area contributed by atoms with E-state index in [2.05, 4.69) is 11.0 Å². The van der Waals surface area contributed by atoms with E-state index >= 15 is 0 Å². The van der Waals surface area contributed by atoms with Crippen molar-refractivity contribution in [2.45, 2.75) is 6.92 Å². The van der Waals surface area contributed by atoms with E-state index in [1.54, 1.807) is 6.92 Å². The molecule has 0 rings (SSSR count). The van der Waals surface area contributed by atoms with Crippen LogP contribution < -0.4 is 0 Å². The lowest BCUT2D eigenvalue weighted by Crippen LogP contribution is -2.10. The van der Waals surface area contributed by atoms with Crippen LogP contribution >= 0.6 is 0 Å². The Balaban J connectivity index is 3.49. The summed E-state index contributed by atoms with van der Waals surface area (Å²) in [6, 6.07) is 0. The molecule has 0 spiro atoms. The lowest BCUT2D eigenvalue weighted by atomic mass is 10.4. The average molecular weight is 128 g/mol. The second kappa shape index (κ2) is 3.57. The number of rotatable bonds is 3. The van der Waals surface area contributed by atoms with Gasteiger partial charge in [-0.25, -0.2) is 0 Å². The van der Waals surface area contributed by atoms with Crippen molar-refractivity contribution in [1.82, 2.24) is 0 Å². The second-order valence-electron chi connectivity index (χ2n) is 1.42. The van der Waals surface area contributed by atoms with Gasteiger partial charge in [-0.1, -0.05) is 6.58 Å². The van der Waals surface area contributed by atoms with Gasteiger partial charge in [0.25, 0.3) is 0 Å². The summed E-state index contributed by atoms with van der Waals surface area (Å²) in [7, 11) is 1.43. The largest absolute Gasteiger partial charge is 0.412 e. The van der Waals surface area contributed by atoms with Crippen molar-refractivity contribution in [2.24, 2.45) is 0 Å². The highest BCUT2D eigenvalue weighted by Gasteiger charge is 2.01. The molecule has 3 heteroatoms. The summed E-state index contributed by atoms with van der Waals surface area (Å²) in [5.41, 5.74) is 0.560. The lowest BCUT2D eigenvalue weighted by Gasteiger charge is -1.90. The average Bonchev–Trinajstić information content (AvgIpc) is 1.67. The molecule has 8 heavy (non-hydrogen) atoms. The van der Waals surface area contributed by atoms with Crippen LogP contribution in [-0.4, -0.2) is 22.3 Å². The van der Waals surface area contributed by atoms with E-state index < -0.39 is 0 Å². The molecule has 0 fully saturated rings.